The van der Waals surface area contributed by atoms with E-state index >= 15 is 0 Å². The number of carbonyl (C=O) groups excluding carboxylic acids is 4. The molecule has 0 unspecified atom stereocenters. The summed E-state index contributed by atoms with van der Waals surface area (Å²) in [5, 5.41) is 6.16. The van der Waals surface area contributed by atoms with Crippen molar-refractivity contribution in [3.8, 4) is 11.5 Å². The fraction of sp³-hybridized carbons (Fsp3) is 0.407. The van der Waals surface area contributed by atoms with Gasteiger partial charge in [0.1, 0.15) is 5.54 Å². The van der Waals surface area contributed by atoms with Gasteiger partial charge in [-0.1, -0.05) is 18.2 Å². The number of hydrogen-bond acceptors (Lipinski definition) is 7. The molecular weight excluding hydrogens is 476 g/mol. The number of rotatable bonds is 7. The van der Waals surface area contributed by atoms with E-state index in [4.69, 9.17) is 15.2 Å². The van der Waals surface area contributed by atoms with Crippen molar-refractivity contribution in [1.82, 2.24) is 10.2 Å². The van der Waals surface area contributed by atoms with Crippen molar-refractivity contribution < 1.29 is 28.7 Å². The van der Waals surface area contributed by atoms with Gasteiger partial charge in [0, 0.05) is 30.3 Å². The van der Waals surface area contributed by atoms with Crippen LogP contribution in [0.1, 0.15) is 28.7 Å². The molecule has 2 saturated heterocycles. The summed E-state index contributed by atoms with van der Waals surface area (Å²) in [6, 6.07) is 8.37. The number of imide groups is 1. The minimum atomic E-state index is -1.45. The highest BCUT2D eigenvalue weighted by atomic mass is 16.5. The first-order chi connectivity index (χ1) is 17.6. The summed E-state index contributed by atoms with van der Waals surface area (Å²) in [6.07, 6.45) is 0.220. The molecule has 4 atom stereocenters. The number of amides is 4. The van der Waals surface area contributed by atoms with Crippen LogP contribution in [0.15, 0.2) is 30.3 Å². The zero-order valence-electron chi connectivity index (χ0n) is 21.2. The first-order valence-corrected chi connectivity index (χ1v) is 12.2. The number of methoxy groups -OCH3 is 2. The summed E-state index contributed by atoms with van der Waals surface area (Å²) in [5.41, 5.74) is 8.04. The maximum absolute atomic E-state index is 13.9. The molecule has 5 rings (SSSR count). The second kappa shape index (κ2) is 8.88. The molecule has 3 heterocycles. The highest BCUT2D eigenvalue weighted by Crippen LogP contribution is 2.54. The van der Waals surface area contributed by atoms with Crippen LogP contribution >= 0.6 is 0 Å². The van der Waals surface area contributed by atoms with Gasteiger partial charge in [-0.05, 0) is 49.1 Å². The molecule has 2 fully saturated rings. The summed E-state index contributed by atoms with van der Waals surface area (Å²) in [4.78, 5) is 54.2. The number of fused-ring (bicyclic) bond motifs is 4. The Balaban J connectivity index is 1.51. The third-order valence-electron chi connectivity index (χ3n) is 8.01. The van der Waals surface area contributed by atoms with Crippen molar-refractivity contribution >= 4 is 29.3 Å². The maximum atomic E-state index is 13.9. The Labute approximate surface area is 214 Å². The van der Waals surface area contributed by atoms with E-state index < -0.39 is 47.0 Å². The number of primary amides is 1. The molecular formula is C27H30N4O6. The number of aryl methyl sites for hydroxylation is 1. The molecule has 0 bridgehead atoms. The molecule has 37 heavy (non-hydrogen) atoms. The maximum Gasteiger partial charge on any atom is 0.250 e. The number of nitrogens with one attached hydrogen (secondary N) is 2. The second-order valence-corrected chi connectivity index (χ2v) is 9.88. The summed E-state index contributed by atoms with van der Waals surface area (Å²) in [7, 11) is 3.08. The Morgan fingerprint density at radius 2 is 1.78 bits per heavy atom. The second-order valence-electron chi connectivity index (χ2n) is 9.88. The van der Waals surface area contributed by atoms with Crippen molar-refractivity contribution in [3.63, 3.8) is 0 Å². The van der Waals surface area contributed by atoms with Gasteiger partial charge in [0.05, 0.1) is 26.1 Å². The largest absolute Gasteiger partial charge is 0.493 e. The van der Waals surface area contributed by atoms with Crippen molar-refractivity contribution in [2.75, 3.05) is 26.1 Å². The van der Waals surface area contributed by atoms with Gasteiger partial charge in [0.2, 0.25) is 23.6 Å². The summed E-state index contributed by atoms with van der Waals surface area (Å²) in [6.45, 7) is 3.96. The Morgan fingerprint density at radius 1 is 1.05 bits per heavy atom. The van der Waals surface area contributed by atoms with Crippen molar-refractivity contribution in [1.29, 1.82) is 0 Å². The monoisotopic (exact) mass is 506 g/mol. The standard InChI is InChI=1S/C27H30N4O6/c1-13-5-7-16-23(14(13)2)29-26(35)27(16)22-21(17(30-27)12-20(28)32)24(33)31(25(22)34)10-9-15-6-8-18(36-3)19(11-15)37-4/h5-8,11,17,21-22,30H,9-10,12H2,1-4H3,(H2,28,32)(H,29,35)/t17-,21+,22+,27-/m0/s1. The lowest BCUT2D eigenvalue weighted by atomic mass is 9.76. The lowest BCUT2D eigenvalue weighted by molar-refractivity contribution is -0.142. The number of ether oxygens (including phenoxy) is 2. The first kappa shape index (κ1) is 24.8. The Hall–Kier alpha value is -3.92. The Kier molecular flexibility index (Phi) is 5.94. The minimum Gasteiger partial charge on any atom is -0.493 e. The normalized spacial score (nSPS) is 25.9. The average molecular weight is 507 g/mol. The van der Waals surface area contributed by atoms with E-state index in [1.54, 1.807) is 19.2 Å². The first-order valence-electron chi connectivity index (χ1n) is 12.2. The number of anilines is 1. The van der Waals surface area contributed by atoms with Crippen LogP contribution in [0.5, 0.6) is 11.5 Å². The molecule has 10 heteroatoms. The highest BCUT2D eigenvalue weighted by Gasteiger charge is 2.70. The van der Waals surface area contributed by atoms with Gasteiger partial charge in [0.15, 0.2) is 11.5 Å². The minimum absolute atomic E-state index is 0.126. The average Bonchev–Trinajstić information content (AvgIpc) is 3.44. The third-order valence-corrected chi connectivity index (χ3v) is 8.01. The zero-order valence-corrected chi connectivity index (χ0v) is 21.2. The van der Waals surface area contributed by atoms with Gasteiger partial charge in [0.25, 0.3) is 0 Å². The van der Waals surface area contributed by atoms with Crippen molar-refractivity contribution in [2.24, 2.45) is 17.6 Å². The number of carbonyl (C=O) groups is 4. The van der Waals surface area contributed by atoms with Gasteiger partial charge < -0.3 is 20.5 Å². The fourth-order valence-corrected chi connectivity index (χ4v) is 6.07. The number of nitrogens with two attached hydrogens (primary N) is 1. The molecule has 3 aliphatic rings. The molecule has 3 aliphatic heterocycles. The molecule has 4 amide bonds. The van der Waals surface area contributed by atoms with E-state index in [1.165, 1.54) is 12.0 Å². The fourth-order valence-electron chi connectivity index (χ4n) is 6.07. The van der Waals surface area contributed by atoms with Crippen LogP contribution in [0.25, 0.3) is 0 Å². The summed E-state index contributed by atoms with van der Waals surface area (Å²) in [5.74, 6) is -2.61. The number of likely N-dealkylation sites (tertiary alicyclic amines) is 1. The number of benzene rings is 2. The zero-order chi connectivity index (χ0) is 26.6. The molecule has 1 spiro atoms. The third kappa shape index (κ3) is 3.58. The summed E-state index contributed by atoms with van der Waals surface area (Å²) >= 11 is 0. The van der Waals surface area contributed by atoms with E-state index in [2.05, 4.69) is 10.6 Å². The van der Waals surface area contributed by atoms with E-state index in [0.717, 1.165) is 16.7 Å². The molecule has 2 aromatic carbocycles. The SMILES string of the molecule is COc1ccc(CCN2C(=O)[C@@H]3[C@H](CC(N)=O)N[C@]4(C(=O)Nc5c4ccc(C)c5C)[C@H]3C2=O)cc1OC. The lowest BCUT2D eigenvalue weighted by Crippen LogP contribution is -2.53. The molecule has 0 aliphatic carbocycles. The van der Waals surface area contributed by atoms with Crippen LogP contribution in [0, 0.1) is 25.7 Å². The number of nitrogens with zero attached hydrogens (tertiary/aromatic N) is 1. The van der Waals surface area contributed by atoms with Crippen LogP contribution in [0.4, 0.5) is 5.69 Å². The van der Waals surface area contributed by atoms with Crippen LogP contribution in [-0.2, 0) is 31.1 Å². The predicted octanol–water partition coefficient (Wildman–Crippen LogP) is 1.16. The van der Waals surface area contributed by atoms with Gasteiger partial charge in [-0.2, -0.15) is 0 Å². The topological polar surface area (TPSA) is 140 Å². The summed E-state index contributed by atoms with van der Waals surface area (Å²) < 4.78 is 10.6. The van der Waals surface area contributed by atoms with Crippen LogP contribution in [0.3, 0.4) is 0 Å². The van der Waals surface area contributed by atoms with Crippen LogP contribution in [-0.4, -0.2) is 55.3 Å². The van der Waals surface area contributed by atoms with E-state index in [9.17, 15) is 19.2 Å². The van der Waals surface area contributed by atoms with Gasteiger partial charge >= 0.3 is 0 Å². The molecule has 0 radical (unpaired) electrons. The van der Waals surface area contributed by atoms with E-state index in [-0.39, 0.29) is 13.0 Å². The smallest absolute Gasteiger partial charge is 0.250 e. The molecule has 10 nitrogen and oxygen atoms in total. The van der Waals surface area contributed by atoms with Crippen LogP contribution in [0.2, 0.25) is 0 Å². The van der Waals surface area contributed by atoms with Gasteiger partial charge in [-0.3, -0.25) is 29.4 Å². The molecule has 2 aromatic rings. The van der Waals surface area contributed by atoms with Crippen molar-refractivity contribution in [2.45, 2.75) is 38.3 Å². The molecule has 0 saturated carbocycles. The van der Waals surface area contributed by atoms with Crippen LogP contribution < -0.4 is 25.8 Å². The lowest BCUT2D eigenvalue weighted by Gasteiger charge is -2.29. The Bertz CT molecular complexity index is 1340. The van der Waals surface area contributed by atoms with E-state index in [1.807, 2.05) is 32.0 Å². The Morgan fingerprint density at radius 3 is 2.46 bits per heavy atom. The van der Waals surface area contributed by atoms with Crippen molar-refractivity contribution in [3.05, 3.63) is 52.6 Å². The van der Waals surface area contributed by atoms with E-state index in [0.29, 0.717) is 29.2 Å². The highest BCUT2D eigenvalue weighted by molar-refractivity contribution is 6.15. The molecule has 4 N–H and O–H groups in total. The van der Waals surface area contributed by atoms with Gasteiger partial charge in [-0.25, -0.2) is 0 Å². The quantitative estimate of drug-likeness (QED) is 0.479. The predicted molar refractivity (Wildman–Crippen MR) is 134 cm³/mol. The number of hydrogen-bond donors (Lipinski definition) is 3. The molecule has 0 aromatic heterocycles. The molecule has 194 valence electrons. The van der Waals surface area contributed by atoms with Gasteiger partial charge in [-0.15, -0.1) is 0 Å².